The number of anilines is 2. The Bertz CT molecular complexity index is 1730. The number of carbonyl (C=O) groups excluding carboxylic acids is 3. The molecule has 272 valence electrons. The number of hydrogen-bond acceptors (Lipinski definition) is 9. The number of rotatable bonds is 14. The van der Waals surface area contributed by atoms with E-state index in [0.717, 1.165) is 101 Å². The summed E-state index contributed by atoms with van der Waals surface area (Å²) in [7, 11) is 0. The number of nitrogens with two attached hydrogens (primary N) is 2. The van der Waals surface area contributed by atoms with Crippen LogP contribution in [-0.4, -0.2) is 116 Å². The van der Waals surface area contributed by atoms with Crippen LogP contribution in [0.5, 0.6) is 0 Å². The summed E-state index contributed by atoms with van der Waals surface area (Å²) in [6, 6.07) is 25.8. The van der Waals surface area contributed by atoms with Crippen molar-refractivity contribution in [1.29, 1.82) is 0 Å². The lowest BCUT2D eigenvalue weighted by atomic mass is 9.94. The predicted molar refractivity (Wildman–Crippen MR) is 205 cm³/mol. The number of carbonyl (C=O) groups is 3. The van der Waals surface area contributed by atoms with Gasteiger partial charge in [-0.3, -0.25) is 24.2 Å². The number of aliphatic hydroxyl groups excluding tert-OH is 2. The number of benzene rings is 4. The summed E-state index contributed by atoms with van der Waals surface area (Å²) in [5, 5.41) is 18.3. The highest BCUT2D eigenvalue weighted by molar-refractivity contribution is 6.10. The normalized spacial score (nSPS) is 15.5. The molecule has 0 spiro atoms. The first-order valence-corrected chi connectivity index (χ1v) is 18.1. The van der Waals surface area contributed by atoms with Gasteiger partial charge in [0.15, 0.2) is 5.78 Å². The molecule has 2 fully saturated rings. The van der Waals surface area contributed by atoms with Crippen molar-refractivity contribution in [2.45, 2.75) is 12.8 Å². The lowest BCUT2D eigenvalue weighted by Gasteiger charge is -2.36. The van der Waals surface area contributed by atoms with Crippen LogP contribution in [0.1, 0.15) is 49.5 Å². The van der Waals surface area contributed by atoms with Gasteiger partial charge in [-0.2, -0.15) is 0 Å². The minimum Gasteiger partial charge on any atom is -0.396 e. The van der Waals surface area contributed by atoms with Crippen molar-refractivity contribution < 1.29 is 24.6 Å². The summed E-state index contributed by atoms with van der Waals surface area (Å²) < 4.78 is 0. The van der Waals surface area contributed by atoms with Crippen LogP contribution < -0.4 is 21.3 Å². The number of piperazine rings is 2. The maximum Gasteiger partial charge on any atom is 0.249 e. The zero-order chi connectivity index (χ0) is 36.6. The third-order valence-electron chi connectivity index (χ3n) is 10.2. The highest BCUT2D eigenvalue weighted by atomic mass is 16.3. The zero-order valence-electron chi connectivity index (χ0n) is 29.5. The number of nitrogens with zero attached hydrogens (tertiary/aromatic N) is 4. The lowest BCUT2D eigenvalue weighted by molar-refractivity contribution is 0.0992. The van der Waals surface area contributed by atoms with Crippen molar-refractivity contribution in [3.8, 4) is 22.3 Å². The molecule has 0 atom stereocenters. The highest BCUT2D eigenvalue weighted by Crippen LogP contribution is 2.32. The van der Waals surface area contributed by atoms with Crippen LogP contribution >= 0.6 is 0 Å². The van der Waals surface area contributed by atoms with E-state index in [1.54, 1.807) is 36.4 Å². The summed E-state index contributed by atoms with van der Waals surface area (Å²) in [6.45, 7) is 9.08. The molecule has 52 heavy (non-hydrogen) atoms. The average Bonchev–Trinajstić information content (AvgIpc) is 3.19. The maximum atomic E-state index is 13.6. The van der Waals surface area contributed by atoms with Gasteiger partial charge in [-0.15, -0.1) is 0 Å². The van der Waals surface area contributed by atoms with E-state index in [-0.39, 0.29) is 19.0 Å². The second-order valence-corrected chi connectivity index (χ2v) is 13.5. The summed E-state index contributed by atoms with van der Waals surface area (Å²) in [5.74, 6) is -1.18. The Hall–Kier alpha value is -5.07. The van der Waals surface area contributed by atoms with Gasteiger partial charge in [0.2, 0.25) is 11.8 Å². The number of amides is 2. The number of primary amides is 2. The fourth-order valence-electron chi connectivity index (χ4n) is 7.18. The van der Waals surface area contributed by atoms with Crippen molar-refractivity contribution in [3.05, 3.63) is 107 Å². The first-order chi connectivity index (χ1) is 25.2. The Morgan fingerprint density at radius 1 is 0.519 bits per heavy atom. The van der Waals surface area contributed by atoms with Crippen LogP contribution in [0.15, 0.2) is 84.9 Å². The van der Waals surface area contributed by atoms with Gasteiger partial charge in [-0.05, 0) is 71.5 Å². The van der Waals surface area contributed by atoms with Gasteiger partial charge in [-0.25, -0.2) is 0 Å². The van der Waals surface area contributed by atoms with Crippen molar-refractivity contribution in [2.24, 2.45) is 11.5 Å². The Balaban J connectivity index is 1.17. The fourth-order valence-corrected chi connectivity index (χ4v) is 7.18. The average molecular weight is 705 g/mol. The molecule has 4 aromatic carbocycles. The third kappa shape index (κ3) is 8.51. The molecular weight excluding hydrogens is 656 g/mol. The molecule has 2 heterocycles. The van der Waals surface area contributed by atoms with E-state index in [1.165, 1.54) is 0 Å². The molecule has 0 bridgehead atoms. The summed E-state index contributed by atoms with van der Waals surface area (Å²) in [4.78, 5) is 47.7. The zero-order valence-corrected chi connectivity index (χ0v) is 29.5. The highest BCUT2D eigenvalue weighted by Gasteiger charge is 2.22. The third-order valence-corrected chi connectivity index (χ3v) is 10.2. The minimum atomic E-state index is -0.516. The van der Waals surface area contributed by atoms with Gasteiger partial charge < -0.3 is 31.5 Å². The second kappa shape index (κ2) is 17.0. The van der Waals surface area contributed by atoms with Crippen LogP contribution in [0.25, 0.3) is 22.3 Å². The van der Waals surface area contributed by atoms with E-state index in [2.05, 4.69) is 19.6 Å². The van der Waals surface area contributed by atoms with Crippen LogP contribution in [0, 0.1) is 0 Å². The molecule has 0 aliphatic carbocycles. The fraction of sp³-hybridized carbons (Fsp3) is 0.341. The standard InChI is InChI=1S/C41H48N6O5/c42-40(51)35-13-11-33(46-21-17-44(18-22-46)15-1-25-48)27-37(35)29-3-7-31(8-4-29)39(50)32-9-5-30(6-10-32)38-28-34(12-14-36(38)41(43)52)47-23-19-45(20-24-47)16-2-26-49/h3-14,27-28,48-49H,1-2,15-26H2,(H2,42,51)(H2,43,52). The van der Waals surface area contributed by atoms with E-state index in [9.17, 15) is 14.4 Å². The smallest absolute Gasteiger partial charge is 0.249 e. The molecule has 11 heteroatoms. The van der Waals surface area contributed by atoms with Gasteiger partial charge in [0.1, 0.15) is 0 Å². The van der Waals surface area contributed by atoms with Gasteiger partial charge in [0.05, 0.1) is 0 Å². The SMILES string of the molecule is NC(=O)c1ccc(N2CCN(CCCO)CC2)cc1-c1ccc(C(=O)c2ccc(-c3cc(N4CCN(CCCO)CC4)ccc3C(N)=O)cc2)cc1. The molecular formula is C41H48N6O5. The first kappa shape index (κ1) is 36.7. The summed E-state index contributed by atoms with van der Waals surface area (Å²) in [6.07, 6.45) is 1.53. The minimum absolute atomic E-state index is 0.149. The van der Waals surface area contributed by atoms with E-state index >= 15 is 0 Å². The molecule has 0 unspecified atom stereocenters. The molecule has 0 radical (unpaired) electrons. The molecule has 2 aliphatic rings. The van der Waals surface area contributed by atoms with Gasteiger partial charge in [0.25, 0.3) is 0 Å². The molecule has 2 saturated heterocycles. The number of aliphatic hydroxyl groups is 2. The van der Waals surface area contributed by atoms with Gasteiger partial charge in [-0.1, -0.05) is 48.5 Å². The Labute approximate surface area is 305 Å². The van der Waals surface area contributed by atoms with E-state index in [1.807, 2.05) is 48.5 Å². The molecule has 6 rings (SSSR count). The van der Waals surface area contributed by atoms with Crippen molar-refractivity contribution in [3.63, 3.8) is 0 Å². The summed E-state index contributed by atoms with van der Waals surface area (Å²) in [5.41, 5.74) is 18.4. The van der Waals surface area contributed by atoms with E-state index < -0.39 is 11.8 Å². The quantitative estimate of drug-likeness (QED) is 0.144. The lowest BCUT2D eigenvalue weighted by Crippen LogP contribution is -2.46. The van der Waals surface area contributed by atoms with Crippen LogP contribution in [0.2, 0.25) is 0 Å². The molecule has 0 saturated carbocycles. The Morgan fingerprint density at radius 3 is 1.21 bits per heavy atom. The van der Waals surface area contributed by atoms with Gasteiger partial charge in [0, 0.05) is 112 Å². The summed E-state index contributed by atoms with van der Waals surface area (Å²) >= 11 is 0. The molecule has 0 aromatic heterocycles. The monoisotopic (exact) mass is 704 g/mol. The predicted octanol–water partition coefficient (Wildman–Crippen LogP) is 3.46. The molecule has 2 amide bonds. The number of hydrogen-bond donors (Lipinski definition) is 4. The van der Waals surface area contributed by atoms with Crippen molar-refractivity contribution >= 4 is 29.0 Å². The molecule has 2 aliphatic heterocycles. The Kier molecular flexibility index (Phi) is 12.0. The second-order valence-electron chi connectivity index (χ2n) is 13.5. The molecule has 6 N–H and O–H groups in total. The number of ketones is 1. The van der Waals surface area contributed by atoms with Crippen LogP contribution in [0.3, 0.4) is 0 Å². The Morgan fingerprint density at radius 2 is 0.885 bits per heavy atom. The van der Waals surface area contributed by atoms with Crippen LogP contribution in [0.4, 0.5) is 11.4 Å². The maximum absolute atomic E-state index is 13.6. The van der Waals surface area contributed by atoms with E-state index in [0.29, 0.717) is 33.4 Å². The van der Waals surface area contributed by atoms with Gasteiger partial charge >= 0.3 is 0 Å². The first-order valence-electron chi connectivity index (χ1n) is 18.1. The molecule has 4 aromatic rings. The largest absolute Gasteiger partial charge is 0.396 e. The van der Waals surface area contributed by atoms with Crippen LogP contribution in [-0.2, 0) is 0 Å². The topological polar surface area (TPSA) is 157 Å². The van der Waals surface area contributed by atoms with Crippen molar-refractivity contribution in [2.75, 3.05) is 88.5 Å². The molecule has 11 nitrogen and oxygen atoms in total. The van der Waals surface area contributed by atoms with Crippen molar-refractivity contribution in [1.82, 2.24) is 9.80 Å². The van der Waals surface area contributed by atoms with E-state index in [4.69, 9.17) is 21.7 Å².